The molecule has 0 unspecified atom stereocenters. The van der Waals surface area contributed by atoms with Gasteiger partial charge in [0.1, 0.15) is 66.1 Å². The number of aliphatic hydroxyl groups excluding tert-OH is 8. The first-order valence-electron chi connectivity index (χ1n) is 25.5. The van der Waals surface area contributed by atoms with Gasteiger partial charge in [-0.2, -0.15) is 0 Å². The minimum atomic E-state index is -5.06. The van der Waals surface area contributed by atoms with Crippen LogP contribution in [0.4, 0.5) is 0 Å². The number of benzene rings is 2. The number of aliphatic hydroxyl groups is 9. The molecule has 15 atom stereocenters. The summed E-state index contributed by atoms with van der Waals surface area (Å²) in [6, 6.07) is -0.794. The van der Waals surface area contributed by atoms with Gasteiger partial charge in [0.25, 0.3) is 17.7 Å². The van der Waals surface area contributed by atoms with Crippen LogP contribution < -0.4 is 35.8 Å². The lowest BCUT2D eigenvalue weighted by atomic mass is 9.96. The summed E-state index contributed by atoms with van der Waals surface area (Å²) in [7, 11) is -5.06. The van der Waals surface area contributed by atoms with E-state index >= 15 is 0 Å². The number of ether oxygens (including phenoxy) is 1. The fraction of sp³-hybridized carbons (Fsp3) is 0.612. The van der Waals surface area contributed by atoms with Crippen molar-refractivity contribution in [3.63, 3.8) is 0 Å². The van der Waals surface area contributed by atoms with Gasteiger partial charge in [0.2, 0.25) is 29.4 Å². The largest absolute Gasteiger partial charge is 0.524 e. The van der Waals surface area contributed by atoms with E-state index in [-0.39, 0.29) is 11.1 Å². The zero-order chi connectivity index (χ0) is 58.0. The summed E-state index contributed by atoms with van der Waals surface area (Å²) in [5.41, 5.74) is -3.68. The molecule has 7 amide bonds. The summed E-state index contributed by atoms with van der Waals surface area (Å²) < 4.78 is 21.7. The first kappa shape index (κ1) is 63.0. The lowest BCUT2D eigenvalue weighted by Crippen LogP contribution is -2.68. The molecule has 3 saturated heterocycles. The summed E-state index contributed by atoms with van der Waals surface area (Å²) in [6.45, 7) is 4.50. The van der Waals surface area contributed by atoms with Crippen molar-refractivity contribution in [2.24, 2.45) is 5.92 Å². The third kappa shape index (κ3) is 15.7. The number of nitrogens with zero attached hydrogens (tertiary/aromatic N) is 2. The molecule has 78 heavy (non-hydrogen) atoms. The highest BCUT2D eigenvalue weighted by atomic mass is 31.2. The fourth-order valence-electron chi connectivity index (χ4n) is 9.28. The molecule has 3 fully saturated rings. The van der Waals surface area contributed by atoms with Crippen molar-refractivity contribution in [3.8, 4) is 11.5 Å². The van der Waals surface area contributed by atoms with Crippen LogP contribution in [-0.2, 0) is 33.3 Å². The molecule has 2 aromatic rings. The van der Waals surface area contributed by atoms with Gasteiger partial charge >= 0.3 is 7.82 Å². The Hall–Kier alpha value is -5.88. The van der Waals surface area contributed by atoms with Crippen molar-refractivity contribution < 1.29 is 103 Å². The standard InChI is InChI=1S/C49H72N7O21P/c1-5-6-7-8-9-10-19-76-30-15-13-28(14-16-30)41(64)50-32-21-34(60)44(67)54-48(71)49(72)40(63)24(2)22-56(49)47(70)36(26(4)58)52-45(68)37(39(62)38(61)27-11-17-31(18-12-27)77-78(73,74)75)53-43(66)33-20-29(59)23-55(33)46(69)35(25(3)57)51-42(32)65/h11-18,24-26,29,32-40,44,57-63,67,72H,5-10,19-23H2,1-4H3,(H,50,64)(H,51,65)(H,52,68)(H,53,66)(H,54,71)(H2,73,74,75)/t24-,25+,26+,29+,32+,33-,34+,35-,36-,37-,38-,39-,40-,44+,49+/m0/s1. The fourth-order valence-corrected chi connectivity index (χ4v) is 9.67. The van der Waals surface area contributed by atoms with E-state index in [1.165, 1.54) is 31.2 Å². The van der Waals surface area contributed by atoms with Crippen LogP contribution in [0.5, 0.6) is 11.5 Å². The zero-order valence-electron chi connectivity index (χ0n) is 43.3. The van der Waals surface area contributed by atoms with Gasteiger partial charge in [0.05, 0.1) is 24.9 Å². The van der Waals surface area contributed by atoms with E-state index in [4.69, 9.17) is 4.74 Å². The summed E-state index contributed by atoms with van der Waals surface area (Å²) in [6.07, 6.45) is -12.3. The van der Waals surface area contributed by atoms with Gasteiger partial charge in [-0.05, 0) is 62.2 Å². The SMILES string of the molecule is CCCCCCCCOc1ccc(C(=O)N[C@@H]2C[C@@H](O)[C@@H](O)NC(=O)[C@]3(O)[C@@H](O)[C@@H](C)CN3C(=O)[C@H]([C@@H](C)O)NC(=O)[C@H]([C@H](O)[C@@H](O)c3ccc(OP(=O)(O)O)cc3)NC(=O)[C@@H]3C[C@@H](O)CN3C(=O)[C@H]([C@@H](C)O)NC2=O)cc1. The number of rotatable bonds is 17. The normalized spacial score (nSPS) is 29.6. The van der Waals surface area contributed by atoms with Gasteiger partial charge < -0.3 is 91.6 Å². The highest BCUT2D eigenvalue weighted by Crippen LogP contribution is 2.38. The molecule has 0 radical (unpaired) electrons. The molecule has 16 N–H and O–H groups in total. The first-order chi connectivity index (χ1) is 36.6. The Bertz CT molecular complexity index is 2470. The van der Waals surface area contributed by atoms with E-state index in [1.807, 2.05) is 5.32 Å². The number of hydrogen-bond donors (Lipinski definition) is 16. The first-order valence-corrected chi connectivity index (χ1v) is 27.0. The van der Waals surface area contributed by atoms with Crippen LogP contribution in [0.3, 0.4) is 0 Å². The van der Waals surface area contributed by atoms with E-state index < -0.39 is 172 Å². The van der Waals surface area contributed by atoms with Gasteiger partial charge in [0, 0.05) is 37.4 Å². The minimum absolute atomic E-state index is 0.0510. The lowest BCUT2D eigenvalue weighted by molar-refractivity contribution is -0.188. The van der Waals surface area contributed by atoms with Crippen LogP contribution in [0.1, 0.15) is 101 Å². The maximum absolute atomic E-state index is 14.4. The average molecular weight is 1130 g/mol. The molecule has 0 bridgehead atoms. The van der Waals surface area contributed by atoms with Crippen molar-refractivity contribution in [2.45, 2.75) is 164 Å². The maximum Gasteiger partial charge on any atom is 0.524 e. The third-order valence-corrected chi connectivity index (χ3v) is 14.2. The molecule has 0 spiro atoms. The molecule has 434 valence electrons. The van der Waals surface area contributed by atoms with Crippen LogP contribution >= 0.6 is 7.82 Å². The summed E-state index contributed by atoms with van der Waals surface area (Å²) in [4.78, 5) is 119. The smallest absolute Gasteiger partial charge is 0.494 e. The number of fused-ring (bicyclic) bond motifs is 2. The van der Waals surface area contributed by atoms with Crippen LogP contribution in [0.15, 0.2) is 48.5 Å². The van der Waals surface area contributed by atoms with Crippen molar-refractivity contribution in [1.82, 2.24) is 36.4 Å². The van der Waals surface area contributed by atoms with Crippen LogP contribution in [0.2, 0.25) is 0 Å². The predicted octanol–water partition coefficient (Wildman–Crippen LogP) is -4.00. The quantitative estimate of drug-likeness (QED) is 0.0530. The van der Waals surface area contributed by atoms with Crippen molar-refractivity contribution in [3.05, 3.63) is 59.7 Å². The number of phosphoric acid groups is 1. The van der Waals surface area contributed by atoms with Crippen molar-refractivity contribution in [2.75, 3.05) is 19.7 Å². The second-order valence-corrected chi connectivity index (χ2v) is 21.1. The van der Waals surface area contributed by atoms with E-state index in [2.05, 4.69) is 32.7 Å². The lowest BCUT2D eigenvalue weighted by Gasteiger charge is -2.38. The second kappa shape index (κ2) is 27.3. The molecule has 29 heteroatoms. The zero-order valence-corrected chi connectivity index (χ0v) is 44.2. The molecule has 2 aromatic carbocycles. The molecule has 3 aliphatic rings. The van der Waals surface area contributed by atoms with Crippen LogP contribution in [0.25, 0.3) is 0 Å². The Labute approximate surface area is 448 Å². The van der Waals surface area contributed by atoms with Gasteiger partial charge in [-0.3, -0.25) is 43.3 Å². The monoisotopic (exact) mass is 1130 g/mol. The van der Waals surface area contributed by atoms with Crippen LogP contribution in [0, 0.1) is 5.92 Å². The van der Waals surface area contributed by atoms with Crippen molar-refractivity contribution >= 4 is 49.2 Å². The predicted molar refractivity (Wildman–Crippen MR) is 269 cm³/mol. The summed E-state index contributed by atoms with van der Waals surface area (Å²) >= 11 is 0. The second-order valence-electron chi connectivity index (χ2n) is 19.9. The number of hydrogen-bond acceptors (Lipinski definition) is 19. The van der Waals surface area contributed by atoms with Crippen molar-refractivity contribution in [1.29, 1.82) is 0 Å². The Balaban J connectivity index is 1.54. The molecule has 3 heterocycles. The highest BCUT2D eigenvalue weighted by Gasteiger charge is 2.60. The Morgan fingerprint density at radius 2 is 1.31 bits per heavy atom. The third-order valence-electron chi connectivity index (χ3n) is 13.7. The Kier molecular flexibility index (Phi) is 22.1. The molecule has 0 aliphatic carbocycles. The number of phosphoric ester groups is 1. The van der Waals surface area contributed by atoms with Gasteiger partial charge in [0.15, 0.2) is 6.23 Å². The summed E-state index contributed by atoms with van der Waals surface area (Å²) in [5.74, 6) is -10.8. The number of unbranched alkanes of at least 4 members (excludes halogenated alkanes) is 5. The number of carbonyl (C=O) groups excluding carboxylic acids is 7. The van der Waals surface area contributed by atoms with E-state index in [9.17, 15) is 93.9 Å². The minimum Gasteiger partial charge on any atom is -0.494 e. The van der Waals surface area contributed by atoms with Crippen LogP contribution in [-0.4, -0.2) is 205 Å². The topological polar surface area (TPSA) is 444 Å². The molecule has 0 aromatic heterocycles. The number of nitrogens with one attached hydrogen (secondary N) is 5. The van der Waals surface area contributed by atoms with Gasteiger partial charge in [-0.15, -0.1) is 0 Å². The van der Waals surface area contributed by atoms with E-state index in [0.717, 1.165) is 76.6 Å². The average Bonchev–Trinajstić information content (AvgIpc) is 4.01. The van der Waals surface area contributed by atoms with Gasteiger partial charge in [-0.25, -0.2) is 4.57 Å². The highest BCUT2D eigenvalue weighted by molar-refractivity contribution is 7.46. The van der Waals surface area contributed by atoms with Gasteiger partial charge in [-0.1, -0.05) is 58.1 Å². The summed E-state index contributed by atoms with van der Waals surface area (Å²) in [5, 5.41) is 112. The Morgan fingerprint density at radius 3 is 1.91 bits per heavy atom. The molecule has 28 nitrogen and oxygen atoms in total. The number of amides is 7. The molecular formula is C49H72N7O21P. The molecular weight excluding hydrogens is 1050 g/mol. The molecule has 0 saturated carbocycles. The Morgan fingerprint density at radius 1 is 0.744 bits per heavy atom. The van der Waals surface area contributed by atoms with E-state index in [1.54, 1.807) is 0 Å². The number of carbonyl (C=O) groups is 7. The molecule has 3 aliphatic heterocycles. The molecule has 5 rings (SSSR count). The van der Waals surface area contributed by atoms with E-state index in [0.29, 0.717) is 22.2 Å². The maximum atomic E-state index is 14.4.